The van der Waals surface area contributed by atoms with Gasteiger partial charge in [0.15, 0.2) is 0 Å². The van der Waals surface area contributed by atoms with Gasteiger partial charge in [-0.25, -0.2) is 4.90 Å². The summed E-state index contributed by atoms with van der Waals surface area (Å²) in [5, 5.41) is 0. The first kappa shape index (κ1) is 19.8. The highest BCUT2D eigenvalue weighted by molar-refractivity contribution is 6.15. The molecule has 0 N–H and O–H groups in total. The molecule has 7 nitrogen and oxygen atoms in total. The van der Waals surface area contributed by atoms with Crippen LogP contribution in [-0.4, -0.2) is 48.4 Å². The fourth-order valence-electron chi connectivity index (χ4n) is 2.30. The minimum atomic E-state index is -0.542. The molecule has 0 aromatic heterocycles. The van der Waals surface area contributed by atoms with Crippen molar-refractivity contribution in [1.82, 2.24) is 4.90 Å². The second-order valence-electron chi connectivity index (χ2n) is 5.49. The molecule has 0 radical (unpaired) electrons. The zero-order chi connectivity index (χ0) is 17.9. The number of carbonyl (C=O) groups is 4. The van der Waals surface area contributed by atoms with E-state index in [4.69, 9.17) is 15.9 Å². The number of hydrogen-bond donors (Lipinski definition) is 0. The van der Waals surface area contributed by atoms with Crippen LogP contribution in [0.15, 0.2) is 0 Å². The number of amides is 3. The van der Waals surface area contributed by atoms with E-state index < -0.39 is 23.7 Å². The van der Waals surface area contributed by atoms with Gasteiger partial charge in [-0.05, 0) is 5.92 Å². The highest BCUT2D eigenvalue weighted by Crippen LogP contribution is 2.19. The van der Waals surface area contributed by atoms with Gasteiger partial charge in [0.25, 0.3) is 0 Å². The lowest BCUT2D eigenvalue weighted by atomic mass is 9.98. The lowest BCUT2D eigenvalue weighted by Crippen LogP contribution is -2.36. The smallest absolute Gasteiger partial charge is 0.306 e. The molecule has 1 aliphatic heterocycles. The summed E-state index contributed by atoms with van der Waals surface area (Å²) >= 11 is 0. The number of nitrogens with zero attached hydrogens (tertiary/aromatic N) is 1. The Bertz CT molecular complexity index is 506. The molecule has 1 rings (SSSR count). The third-order valence-corrected chi connectivity index (χ3v) is 3.68. The molecule has 132 valence electrons. The Morgan fingerprint density at radius 2 is 1.83 bits per heavy atom. The Labute approximate surface area is 141 Å². The summed E-state index contributed by atoms with van der Waals surface area (Å²) < 4.78 is 10.2. The maximum absolute atomic E-state index is 12.1. The van der Waals surface area contributed by atoms with Crippen LogP contribution in [0.5, 0.6) is 0 Å². The predicted octanol–water partition coefficient (Wildman–Crippen LogP) is 1.05. The first-order valence-corrected chi connectivity index (χ1v) is 8.05. The summed E-state index contributed by atoms with van der Waals surface area (Å²) in [6.07, 6.45) is 6.32. The maximum Gasteiger partial charge on any atom is 0.306 e. The van der Waals surface area contributed by atoms with E-state index in [1.165, 1.54) is 0 Å². The molecule has 1 saturated heterocycles. The zero-order valence-electron chi connectivity index (χ0n) is 13.9. The summed E-state index contributed by atoms with van der Waals surface area (Å²) in [6.45, 7) is 2.64. The topological polar surface area (TPSA) is 90.0 Å². The second kappa shape index (κ2) is 10.6. The third-order valence-electron chi connectivity index (χ3n) is 3.68. The molecule has 1 heterocycles. The molecule has 0 bridgehead atoms. The van der Waals surface area contributed by atoms with E-state index in [-0.39, 0.29) is 44.8 Å². The molecule has 0 aliphatic carbocycles. The molecule has 1 fully saturated rings. The van der Waals surface area contributed by atoms with Gasteiger partial charge in [0.05, 0.1) is 13.2 Å². The standard InChI is InChI=1S/C17H23NO6/c1-3-5-8-23-9-10-24-17(22)12-13(4-2)11-16(21)18-14(19)6-7-15(18)20/h1,13H,4-12H2,2H3. The molecular formula is C17H23NO6. The number of carbonyl (C=O) groups excluding carboxylic acids is 4. The lowest BCUT2D eigenvalue weighted by molar-refractivity contribution is -0.150. The maximum atomic E-state index is 12.1. The van der Waals surface area contributed by atoms with Crippen molar-refractivity contribution in [2.45, 2.75) is 45.4 Å². The number of esters is 1. The van der Waals surface area contributed by atoms with Gasteiger partial charge in [0.2, 0.25) is 17.7 Å². The van der Waals surface area contributed by atoms with Crippen LogP contribution >= 0.6 is 0 Å². The van der Waals surface area contributed by atoms with E-state index in [0.29, 0.717) is 24.3 Å². The van der Waals surface area contributed by atoms with Crippen LogP contribution in [0.4, 0.5) is 0 Å². The zero-order valence-corrected chi connectivity index (χ0v) is 13.9. The van der Waals surface area contributed by atoms with Crippen molar-refractivity contribution in [3.63, 3.8) is 0 Å². The summed E-state index contributed by atoms with van der Waals surface area (Å²) in [5.74, 6) is 0.252. The van der Waals surface area contributed by atoms with E-state index in [9.17, 15) is 19.2 Å². The molecule has 0 saturated carbocycles. The summed E-state index contributed by atoms with van der Waals surface area (Å²) in [5.41, 5.74) is 0. The molecule has 0 aromatic carbocycles. The molecule has 0 spiro atoms. The number of likely N-dealkylation sites (tertiary alicyclic amines) is 1. The summed E-state index contributed by atoms with van der Waals surface area (Å²) in [6, 6.07) is 0. The predicted molar refractivity (Wildman–Crippen MR) is 84.3 cm³/mol. The van der Waals surface area contributed by atoms with E-state index in [2.05, 4.69) is 5.92 Å². The first-order chi connectivity index (χ1) is 11.5. The fraction of sp³-hybridized carbons (Fsp3) is 0.647. The van der Waals surface area contributed by atoms with Gasteiger partial charge in [-0.2, -0.15) is 0 Å². The minimum absolute atomic E-state index is 0.0260. The van der Waals surface area contributed by atoms with Crippen molar-refractivity contribution in [3.05, 3.63) is 0 Å². The molecule has 1 atom stereocenters. The minimum Gasteiger partial charge on any atom is -0.463 e. The molecule has 24 heavy (non-hydrogen) atoms. The molecular weight excluding hydrogens is 314 g/mol. The molecule has 7 heteroatoms. The van der Waals surface area contributed by atoms with Crippen molar-refractivity contribution < 1.29 is 28.7 Å². The monoisotopic (exact) mass is 337 g/mol. The Kier molecular flexibility index (Phi) is 8.72. The molecule has 0 aromatic rings. The van der Waals surface area contributed by atoms with Gasteiger partial charge in [-0.15, -0.1) is 12.3 Å². The molecule has 3 amide bonds. The molecule has 1 aliphatic rings. The fourth-order valence-corrected chi connectivity index (χ4v) is 2.30. The quantitative estimate of drug-likeness (QED) is 0.256. The Morgan fingerprint density at radius 3 is 2.42 bits per heavy atom. The number of hydrogen-bond acceptors (Lipinski definition) is 6. The van der Waals surface area contributed by atoms with Crippen LogP contribution in [0.2, 0.25) is 0 Å². The Balaban J connectivity index is 2.32. The lowest BCUT2D eigenvalue weighted by Gasteiger charge is -2.17. The van der Waals surface area contributed by atoms with E-state index in [0.717, 1.165) is 0 Å². The highest BCUT2D eigenvalue weighted by Gasteiger charge is 2.35. The first-order valence-electron chi connectivity index (χ1n) is 8.05. The average Bonchev–Trinajstić information content (AvgIpc) is 2.88. The van der Waals surface area contributed by atoms with Gasteiger partial charge in [-0.3, -0.25) is 19.2 Å². The number of rotatable bonds is 10. The van der Waals surface area contributed by atoms with E-state index >= 15 is 0 Å². The van der Waals surface area contributed by atoms with Gasteiger partial charge in [-0.1, -0.05) is 13.3 Å². The Hall–Kier alpha value is -2.20. The van der Waals surface area contributed by atoms with Gasteiger partial charge < -0.3 is 9.47 Å². The van der Waals surface area contributed by atoms with Gasteiger partial charge in [0, 0.05) is 32.1 Å². The number of ether oxygens (including phenoxy) is 2. The van der Waals surface area contributed by atoms with Crippen molar-refractivity contribution in [3.8, 4) is 12.3 Å². The van der Waals surface area contributed by atoms with Crippen LogP contribution in [0.3, 0.4) is 0 Å². The van der Waals surface area contributed by atoms with E-state index in [1.807, 2.05) is 6.92 Å². The van der Waals surface area contributed by atoms with Crippen LogP contribution in [0.25, 0.3) is 0 Å². The highest BCUT2D eigenvalue weighted by atomic mass is 16.6. The van der Waals surface area contributed by atoms with E-state index in [1.54, 1.807) is 0 Å². The SMILES string of the molecule is C#CCCOCCOC(=O)CC(CC)CC(=O)N1C(=O)CCC1=O. The summed E-state index contributed by atoms with van der Waals surface area (Å²) in [4.78, 5) is 47.6. The largest absolute Gasteiger partial charge is 0.463 e. The van der Waals surface area contributed by atoms with Crippen molar-refractivity contribution in [2.75, 3.05) is 19.8 Å². The van der Waals surface area contributed by atoms with Gasteiger partial charge in [0.1, 0.15) is 6.61 Å². The average molecular weight is 337 g/mol. The van der Waals surface area contributed by atoms with Crippen LogP contribution in [0, 0.1) is 18.3 Å². The number of imide groups is 3. The Morgan fingerprint density at radius 1 is 1.17 bits per heavy atom. The van der Waals surface area contributed by atoms with Gasteiger partial charge >= 0.3 is 5.97 Å². The number of terminal acetylenes is 1. The van der Waals surface area contributed by atoms with Crippen LogP contribution in [0.1, 0.15) is 45.4 Å². The second-order valence-corrected chi connectivity index (χ2v) is 5.49. The van der Waals surface area contributed by atoms with Crippen LogP contribution in [-0.2, 0) is 28.7 Å². The van der Waals surface area contributed by atoms with Crippen molar-refractivity contribution in [1.29, 1.82) is 0 Å². The van der Waals surface area contributed by atoms with Crippen LogP contribution < -0.4 is 0 Å². The summed E-state index contributed by atoms with van der Waals surface area (Å²) in [7, 11) is 0. The normalized spacial score (nSPS) is 15.2. The third kappa shape index (κ3) is 6.50. The van der Waals surface area contributed by atoms with Crippen molar-refractivity contribution >= 4 is 23.7 Å². The molecule has 1 unspecified atom stereocenters. The van der Waals surface area contributed by atoms with Crippen molar-refractivity contribution in [2.24, 2.45) is 5.92 Å².